The number of nitrogens with zero attached hydrogens (tertiary/aromatic N) is 3. The summed E-state index contributed by atoms with van der Waals surface area (Å²) in [5, 5.41) is 22.4. The number of amides is 1. The van der Waals surface area contributed by atoms with E-state index in [1.165, 1.54) is 17.8 Å². The van der Waals surface area contributed by atoms with Crippen LogP contribution in [0.25, 0.3) is 0 Å². The predicted molar refractivity (Wildman–Crippen MR) is 125 cm³/mol. The van der Waals surface area contributed by atoms with Crippen molar-refractivity contribution in [1.82, 2.24) is 5.43 Å². The molecule has 3 rings (SSSR count). The molecule has 0 saturated carbocycles. The SMILES string of the molecule is Cc1ccc(N=Nc2ccc(O)c(C=NNC(=O)COc3ccc(C)c(C)c3)c2)cc1C. The third-order valence-electron chi connectivity index (χ3n) is 5.02. The van der Waals surface area contributed by atoms with E-state index in [1.807, 2.05) is 64.1 Å². The molecule has 3 aromatic rings. The quantitative estimate of drug-likeness (QED) is 0.291. The van der Waals surface area contributed by atoms with Crippen LogP contribution in [0.3, 0.4) is 0 Å². The first kappa shape index (κ1) is 22.7. The van der Waals surface area contributed by atoms with Crippen molar-refractivity contribution < 1.29 is 14.6 Å². The molecule has 0 radical (unpaired) electrons. The van der Waals surface area contributed by atoms with Gasteiger partial charge >= 0.3 is 0 Å². The number of benzene rings is 3. The molecule has 0 saturated heterocycles. The number of phenolic OH excluding ortho intramolecular Hbond substituents is 1. The number of rotatable bonds is 7. The molecule has 0 atom stereocenters. The van der Waals surface area contributed by atoms with Crippen molar-refractivity contribution in [2.75, 3.05) is 6.61 Å². The van der Waals surface area contributed by atoms with Gasteiger partial charge in [-0.2, -0.15) is 15.3 Å². The van der Waals surface area contributed by atoms with Crippen molar-refractivity contribution >= 4 is 23.5 Å². The average Bonchev–Trinajstić information content (AvgIpc) is 2.77. The van der Waals surface area contributed by atoms with Crippen molar-refractivity contribution in [2.45, 2.75) is 27.7 Å². The maximum atomic E-state index is 12.0. The summed E-state index contributed by atoms with van der Waals surface area (Å²) >= 11 is 0. The van der Waals surface area contributed by atoms with Crippen LogP contribution in [0.4, 0.5) is 11.4 Å². The Hall–Kier alpha value is -4.00. The molecule has 0 heterocycles. The van der Waals surface area contributed by atoms with E-state index >= 15 is 0 Å². The second kappa shape index (κ2) is 10.3. The summed E-state index contributed by atoms with van der Waals surface area (Å²) in [5.74, 6) is 0.218. The van der Waals surface area contributed by atoms with Gasteiger partial charge in [-0.25, -0.2) is 5.43 Å². The summed E-state index contributed by atoms with van der Waals surface area (Å²) in [5.41, 5.74) is 8.64. The Labute approximate surface area is 187 Å². The van der Waals surface area contributed by atoms with Gasteiger partial charge in [-0.3, -0.25) is 4.79 Å². The van der Waals surface area contributed by atoms with Crippen molar-refractivity contribution in [2.24, 2.45) is 15.3 Å². The Morgan fingerprint density at radius 3 is 2.19 bits per heavy atom. The molecule has 0 spiro atoms. The topological polar surface area (TPSA) is 95.6 Å². The molecule has 0 aliphatic heterocycles. The van der Waals surface area contributed by atoms with Crippen molar-refractivity contribution in [3.05, 3.63) is 82.4 Å². The van der Waals surface area contributed by atoms with Crippen molar-refractivity contribution in [3.63, 3.8) is 0 Å². The lowest BCUT2D eigenvalue weighted by atomic mass is 10.1. The Morgan fingerprint density at radius 1 is 0.875 bits per heavy atom. The van der Waals surface area contributed by atoms with Gasteiger partial charge < -0.3 is 9.84 Å². The van der Waals surface area contributed by atoms with Crippen LogP contribution < -0.4 is 10.2 Å². The van der Waals surface area contributed by atoms with E-state index in [4.69, 9.17) is 4.74 Å². The van der Waals surface area contributed by atoms with E-state index < -0.39 is 5.91 Å². The molecule has 0 aromatic heterocycles. The standard InChI is InChI=1S/C25H26N4O3/c1-16-5-7-21(11-18(16)3)27-28-22-8-10-24(30)20(13-22)14-26-29-25(31)15-32-23-9-6-17(2)19(4)12-23/h5-14,30H,15H2,1-4H3,(H,29,31). The smallest absolute Gasteiger partial charge is 0.277 e. The largest absolute Gasteiger partial charge is 0.507 e. The molecule has 164 valence electrons. The van der Waals surface area contributed by atoms with Crippen LogP contribution in [-0.4, -0.2) is 23.8 Å². The normalized spacial score (nSPS) is 11.2. The van der Waals surface area contributed by atoms with Crippen molar-refractivity contribution in [3.8, 4) is 11.5 Å². The Bertz CT molecular complexity index is 1190. The van der Waals surface area contributed by atoms with E-state index in [9.17, 15) is 9.90 Å². The number of ether oxygens (including phenoxy) is 1. The zero-order valence-electron chi connectivity index (χ0n) is 18.6. The molecule has 0 bridgehead atoms. The summed E-state index contributed by atoms with van der Waals surface area (Å²) in [6.45, 7) is 7.88. The van der Waals surface area contributed by atoms with Gasteiger partial charge in [0.2, 0.25) is 0 Å². The zero-order chi connectivity index (χ0) is 23.1. The van der Waals surface area contributed by atoms with Gasteiger partial charge in [-0.15, -0.1) is 0 Å². The number of phenols is 1. The molecule has 0 aliphatic rings. The monoisotopic (exact) mass is 430 g/mol. The maximum absolute atomic E-state index is 12.0. The van der Waals surface area contributed by atoms with E-state index in [0.29, 0.717) is 17.0 Å². The van der Waals surface area contributed by atoms with Crippen LogP contribution in [0.2, 0.25) is 0 Å². The maximum Gasteiger partial charge on any atom is 0.277 e. The molecule has 0 fully saturated rings. The molecule has 0 aliphatic carbocycles. The fourth-order valence-corrected chi connectivity index (χ4v) is 2.77. The third kappa shape index (κ3) is 6.25. The van der Waals surface area contributed by atoms with Gasteiger partial charge in [0.25, 0.3) is 5.91 Å². The number of hydrazone groups is 1. The highest BCUT2D eigenvalue weighted by atomic mass is 16.5. The molecular formula is C25H26N4O3. The van der Waals surface area contributed by atoms with Gasteiger partial charge in [0, 0.05) is 5.56 Å². The number of azo groups is 1. The van der Waals surface area contributed by atoms with E-state index in [-0.39, 0.29) is 12.4 Å². The van der Waals surface area contributed by atoms with Gasteiger partial charge in [0.05, 0.1) is 17.6 Å². The first-order valence-corrected chi connectivity index (χ1v) is 10.2. The lowest BCUT2D eigenvalue weighted by Gasteiger charge is -2.07. The fraction of sp³-hybridized carbons (Fsp3) is 0.200. The van der Waals surface area contributed by atoms with E-state index in [1.54, 1.807) is 12.1 Å². The summed E-state index contributed by atoms with van der Waals surface area (Å²) in [6, 6.07) is 16.2. The molecule has 3 aromatic carbocycles. The summed E-state index contributed by atoms with van der Waals surface area (Å²) < 4.78 is 5.48. The summed E-state index contributed by atoms with van der Waals surface area (Å²) in [6.07, 6.45) is 1.35. The molecule has 7 heteroatoms. The van der Waals surface area contributed by atoms with Crippen LogP contribution >= 0.6 is 0 Å². The van der Waals surface area contributed by atoms with E-state index in [0.717, 1.165) is 22.4 Å². The predicted octanol–water partition coefficient (Wildman–Crippen LogP) is 5.57. The Kier molecular flexibility index (Phi) is 7.33. The van der Waals surface area contributed by atoms with Crippen LogP contribution in [0.5, 0.6) is 11.5 Å². The van der Waals surface area contributed by atoms with Gasteiger partial charge in [-0.05, 0) is 92.4 Å². The third-order valence-corrected chi connectivity index (χ3v) is 5.02. The van der Waals surface area contributed by atoms with Gasteiger partial charge in [0.1, 0.15) is 11.5 Å². The number of aromatic hydroxyl groups is 1. The van der Waals surface area contributed by atoms with Crippen molar-refractivity contribution in [1.29, 1.82) is 0 Å². The molecule has 32 heavy (non-hydrogen) atoms. The number of hydrogen-bond acceptors (Lipinski definition) is 6. The Morgan fingerprint density at radius 2 is 1.50 bits per heavy atom. The number of carbonyl (C=O) groups excluding carboxylic acids is 1. The minimum absolute atomic E-state index is 0.0134. The highest BCUT2D eigenvalue weighted by molar-refractivity contribution is 5.86. The number of hydrogen-bond donors (Lipinski definition) is 2. The highest BCUT2D eigenvalue weighted by Crippen LogP contribution is 2.25. The number of nitrogens with one attached hydrogen (secondary N) is 1. The lowest BCUT2D eigenvalue weighted by Crippen LogP contribution is -2.24. The van der Waals surface area contributed by atoms with Crippen LogP contribution in [-0.2, 0) is 4.79 Å². The average molecular weight is 431 g/mol. The minimum atomic E-state index is -0.412. The number of carbonyl (C=O) groups is 1. The molecule has 1 amide bonds. The van der Waals surface area contributed by atoms with Crippen LogP contribution in [0.15, 0.2) is 69.9 Å². The second-order valence-corrected chi connectivity index (χ2v) is 7.54. The summed E-state index contributed by atoms with van der Waals surface area (Å²) in [4.78, 5) is 12.0. The zero-order valence-corrected chi connectivity index (χ0v) is 18.6. The van der Waals surface area contributed by atoms with Gasteiger partial charge in [0.15, 0.2) is 6.61 Å². The highest BCUT2D eigenvalue weighted by Gasteiger charge is 2.04. The molecule has 0 unspecified atom stereocenters. The lowest BCUT2D eigenvalue weighted by molar-refractivity contribution is -0.123. The Balaban J connectivity index is 1.58. The number of aryl methyl sites for hydroxylation is 4. The van der Waals surface area contributed by atoms with Crippen LogP contribution in [0, 0.1) is 27.7 Å². The van der Waals surface area contributed by atoms with Gasteiger partial charge in [-0.1, -0.05) is 12.1 Å². The van der Waals surface area contributed by atoms with Crippen LogP contribution in [0.1, 0.15) is 27.8 Å². The second-order valence-electron chi connectivity index (χ2n) is 7.54. The fourth-order valence-electron chi connectivity index (χ4n) is 2.77. The summed E-state index contributed by atoms with van der Waals surface area (Å²) in [7, 11) is 0. The van der Waals surface area contributed by atoms with E-state index in [2.05, 4.69) is 20.8 Å². The first-order chi connectivity index (χ1) is 15.3. The molecule has 7 nitrogen and oxygen atoms in total. The molecule has 2 N–H and O–H groups in total. The minimum Gasteiger partial charge on any atom is -0.507 e. The first-order valence-electron chi connectivity index (χ1n) is 10.2. The molecular weight excluding hydrogens is 404 g/mol.